The van der Waals surface area contributed by atoms with Crippen LogP contribution >= 0.6 is 0 Å². The molecule has 0 fully saturated rings. The maximum atomic E-state index is 11.1. The second-order valence-corrected chi connectivity index (χ2v) is 5.72. The lowest BCUT2D eigenvalue weighted by Gasteiger charge is -2.42. The van der Waals surface area contributed by atoms with Crippen molar-refractivity contribution in [1.82, 2.24) is 4.90 Å². The van der Waals surface area contributed by atoms with Crippen molar-refractivity contribution in [3.63, 3.8) is 0 Å². The first kappa shape index (κ1) is 16.9. The predicted octanol–water partition coefficient (Wildman–Crippen LogP) is -0.589. The minimum atomic E-state index is -0.492. The average Bonchev–Trinajstić information content (AvgIpc) is 2.12. The molecule has 0 rings (SSSR count). The fourth-order valence-corrected chi connectivity index (χ4v) is 2.34. The minimum Gasteiger partial charge on any atom is -0.369 e. The summed E-state index contributed by atoms with van der Waals surface area (Å²) in [7, 11) is 0. The molecule has 18 heavy (non-hydrogen) atoms. The normalized spacial score (nSPS) is 15.4. The maximum absolute atomic E-state index is 11.1. The van der Waals surface area contributed by atoms with Crippen molar-refractivity contribution in [2.45, 2.75) is 46.2 Å². The molecule has 0 aliphatic heterocycles. The van der Waals surface area contributed by atoms with E-state index >= 15 is 0 Å². The van der Waals surface area contributed by atoms with Gasteiger partial charge < -0.3 is 17.2 Å². The Labute approximate surface area is 109 Å². The van der Waals surface area contributed by atoms with E-state index in [2.05, 4.69) is 0 Å². The molecule has 6 nitrogen and oxygen atoms in total. The molecule has 0 saturated heterocycles. The molecule has 2 atom stereocenters. The summed E-state index contributed by atoms with van der Waals surface area (Å²) in [6.45, 7) is 7.99. The fourth-order valence-electron chi connectivity index (χ4n) is 2.34. The quantitative estimate of drug-likeness (QED) is 0.566. The monoisotopic (exact) mass is 258 g/mol. The van der Waals surface area contributed by atoms with Crippen molar-refractivity contribution in [2.75, 3.05) is 13.1 Å². The van der Waals surface area contributed by atoms with Gasteiger partial charge in [0, 0.05) is 12.1 Å². The molecule has 0 heterocycles. The molecular formula is C12H26N4O2. The number of hydrogen-bond donors (Lipinski definition) is 3. The van der Waals surface area contributed by atoms with Crippen molar-refractivity contribution >= 4 is 11.8 Å². The number of hydrogen-bond acceptors (Lipinski definition) is 4. The summed E-state index contributed by atoms with van der Waals surface area (Å²) in [5.74, 6) is -0.984. The predicted molar refractivity (Wildman–Crippen MR) is 71.5 cm³/mol. The molecule has 0 aliphatic rings. The Morgan fingerprint density at radius 2 is 1.50 bits per heavy atom. The van der Waals surface area contributed by atoms with Crippen LogP contribution in [-0.4, -0.2) is 41.9 Å². The van der Waals surface area contributed by atoms with Gasteiger partial charge in [-0.05, 0) is 11.8 Å². The molecule has 0 saturated carbocycles. The molecule has 0 bridgehead atoms. The van der Waals surface area contributed by atoms with E-state index in [1.165, 1.54) is 0 Å². The van der Waals surface area contributed by atoms with Crippen molar-refractivity contribution in [3.05, 3.63) is 0 Å². The Morgan fingerprint density at radius 1 is 1.11 bits per heavy atom. The van der Waals surface area contributed by atoms with E-state index < -0.39 is 11.8 Å². The molecule has 0 spiro atoms. The highest BCUT2D eigenvalue weighted by molar-refractivity contribution is 5.79. The average molecular weight is 258 g/mol. The Bertz CT molecular complexity index is 283. The second kappa shape index (κ2) is 6.70. The molecule has 0 aromatic carbocycles. The third-order valence-corrected chi connectivity index (χ3v) is 2.88. The maximum Gasteiger partial charge on any atom is 0.231 e. The van der Waals surface area contributed by atoms with E-state index in [4.69, 9.17) is 17.2 Å². The van der Waals surface area contributed by atoms with Crippen LogP contribution in [-0.2, 0) is 9.59 Å². The van der Waals surface area contributed by atoms with E-state index in [1.54, 1.807) is 4.90 Å². The van der Waals surface area contributed by atoms with Gasteiger partial charge in [-0.25, -0.2) is 0 Å². The summed E-state index contributed by atoms with van der Waals surface area (Å²) in [6, 6.07) is -0.286. The van der Waals surface area contributed by atoms with Gasteiger partial charge >= 0.3 is 0 Å². The van der Waals surface area contributed by atoms with Crippen LogP contribution in [0, 0.1) is 5.41 Å². The second-order valence-electron chi connectivity index (χ2n) is 5.72. The highest BCUT2D eigenvalue weighted by Crippen LogP contribution is 2.27. The molecule has 6 heteroatoms. The molecule has 0 radical (unpaired) electrons. The van der Waals surface area contributed by atoms with Gasteiger partial charge in [-0.15, -0.1) is 0 Å². The lowest BCUT2D eigenvalue weighted by atomic mass is 9.80. The topological polar surface area (TPSA) is 115 Å². The van der Waals surface area contributed by atoms with Gasteiger partial charge in [-0.2, -0.15) is 0 Å². The third-order valence-electron chi connectivity index (χ3n) is 2.88. The number of rotatable bonds is 7. The van der Waals surface area contributed by atoms with Gasteiger partial charge in [0.25, 0.3) is 0 Å². The standard InChI is InChI=1S/C12H26N4O2/c1-5-8(13)11(12(2,3)4)16(6-9(14)17)7-10(15)18/h8,11H,5-7,13H2,1-4H3,(H2,14,17)(H2,15,18). The Hall–Kier alpha value is -1.14. The van der Waals surface area contributed by atoms with Crippen LogP contribution in [0.15, 0.2) is 0 Å². The zero-order valence-electron chi connectivity index (χ0n) is 11.8. The zero-order valence-corrected chi connectivity index (χ0v) is 11.8. The summed E-state index contributed by atoms with van der Waals surface area (Å²) in [6.07, 6.45) is 0.746. The minimum absolute atomic E-state index is 0.0153. The highest BCUT2D eigenvalue weighted by atomic mass is 16.2. The van der Waals surface area contributed by atoms with E-state index in [9.17, 15) is 9.59 Å². The summed E-state index contributed by atoms with van der Waals surface area (Å²) in [5.41, 5.74) is 16.4. The lowest BCUT2D eigenvalue weighted by Crippen LogP contribution is -2.58. The summed E-state index contributed by atoms with van der Waals surface area (Å²) in [5, 5.41) is 0. The zero-order chi connectivity index (χ0) is 14.5. The number of primary amides is 2. The first-order chi connectivity index (χ1) is 8.09. The van der Waals surface area contributed by atoms with E-state index in [-0.39, 0.29) is 30.6 Å². The van der Waals surface area contributed by atoms with E-state index in [1.807, 2.05) is 27.7 Å². The fraction of sp³-hybridized carbons (Fsp3) is 0.833. The van der Waals surface area contributed by atoms with Gasteiger partial charge in [0.15, 0.2) is 0 Å². The van der Waals surface area contributed by atoms with Gasteiger partial charge in [0.05, 0.1) is 13.1 Å². The third kappa shape index (κ3) is 5.46. The number of carbonyl (C=O) groups is 2. The van der Waals surface area contributed by atoms with Crippen LogP contribution in [0.4, 0.5) is 0 Å². The van der Waals surface area contributed by atoms with E-state index in [0.717, 1.165) is 6.42 Å². The molecule has 0 aromatic heterocycles. The van der Waals surface area contributed by atoms with Gasteiger partial charge in [-0.1, -0.05) is 27.7 Å². The molecule has 6 N–H and O–H groups in total. The molecular weight excluding hydrogens is 232 g/mol. The number of nitrogens with two attached hydrogens (primary N) is 3. The van der Waals surface area contributed by atoms with Crippen molar-refractivity contribution < 1.29 is 9.59 Å². The summed E-state index contributed by atoms with van der Waals surface area (Å²) in [4.78, 5) is 23.9. The van der Waals surface area contributed by atoms with Gasteiger partial charge in [-0.3, -0.25) is 14.5 Å². The van der Waals surface area contributed by atoms with Crippen LogP contribution in [0.1, 0.15) is 34.1 Å². The van der Waals surface area contributed by atoms with Crippen LogP contribution in [0.3, 0.4) is 0 Å². The smallest absolute Gasteiger partial charge is 0.231 e. The summed E-state index contributed by atoms with van der Waals surface area (Å²) < 4.78 is 0. The van der Waals surface area contributed by atoms with Crippen LogP contribution in [0.2, 0.25) is 0 Å². The largest absolute Gasteiger partial charge is 0.369 e. The summed E-state index contributed by atoms with van der Waals surface area (Å²) >= 11 is 0. The van der Waals surface area contributed by atoms with E-state index in [0.29, 0.717) is 0 Å². The van der Waals surface area contributed by atoms with Gasteiger partial charge in [0.2, 0.25) is 11.8 Å². The Balaban J connectivity index is 5.18. The van der Waals surface area contributed by atoms with Gasteiger partial charge in [0.1, 0.15) is 0 Å². The van der Waals surface area contributed by atoms with Crippen LogP contribution < -0.4 is 17.2 Å². The molecule has 2 unspecified atom stereocenters. The number of amides is 2. The molecule has 0 aliphatic carbocycles. The Morgan fingerprint density at radius 3 is 1.72 bits per heavy atom. The first-order valence-corrected chi connectivity index (χ1v) is 6.15. The molecule has 2 amide bonds. The lowest BCUT2D eigenvalue weighted by molar-refractivity contribution is -0.124. The van der Waals surface area contributed by atoms with Crippen molar-refractivity contribution in [3.8, 4) is 0 Å². The first-order valence-electron chi connectivity index (χ1n) is 6.15. The highest BCUT2D eigenvalue weighted by Gasteiger charge is 2.35. The Kier molecular flexibility index (Phi) is 6.28. The van der Waals surface area contributed by atoms with Crippen molar-refractivity contribution in [1.29, 1.82) is 0 Å². The van der Waals surface area contributed by atoms with Crippen molar-refractivity contribution in [2.24, 2.45) is 22.6 Å². The number of carbonyl (C=O) groups excluding carboxylic acids is 2. The molecule has 106 valence electrons. The van der Waals surface area contributed by atoms with Crippen LogP contribution in [0.5, 0.6) is 0 Å². The SMILES string of the molecule is CCC(N)C(N(CC(N)=O)CC(N)=O)C(C)(C)C. The number of nitrogens with zero attached hydrogens (tertiary/aromatic N) is 1. The van der Waals surface area contributed by atoms with Crippen LogP contribution in [0.25, 0.3) is 0 Å². The molecule has 0 aromatic rings.